The van der Waals surface area contributed by atoms with E-state index in [0.717, 1.165) is 21.2 Å². The third kappa shape index (κ3) is 1.75. The largest absolute Gasteiger partial charge is 0.298 e. The lowest BCUT2D eigenvalue weighted by Crippen LogP contribution is -1.93. The van der Waals surface area contributed by atoms with E-state index in [1.54, 1.807) is 6.33 Å². The summed E-state index contributed by atoms with van der Waals surface area (Å²) in [6, 6.07) is 13.8. The monoisotopic (exact) mass is 306 g/mol. The van der Waals surface area contributed by atoms with Gasteiger partial charge in [-0.05, 0) is 40.2 Å². The van der Waals surface area contributed by atoms with Crippen molar-refractivity contribution in [1.29, 1.82) is 0 Å². The van der Waals surface area contributed by atoms with Gasteiger partial charge in [0.2, 0.25) is 0 Å². The van der Waals surface area contributed by atoms with Crippen LogP contribution in [-0.2, 0) is 0 Å². The fourth-order valence-corrected chi connectivity index (χ4v) is 2.45. The average molecular weight is 308 g/mol. The Morgan fingerprint density at radius 1 is 1.06 bits per heavy atom. The van der Waals surface area contributed by atoms with Gasteiger partial charge in [0, 0.05) is 0 Å². The van der Waals surface area contributed by atoms with Crippen LogP contribution in [0.4, 0.5) is 0 Å². The smallest absolute Gasteiger partial charge is 0.100 e. The van der Waals surface area contributed by atoms with E-state index in [9.17, 15) is 0 Å². The van der Waals surface area contributed by atoms with Crippen LogP contribution in [-0.4, -0.2) is 9.55 Å². The lowest BCUT2D eigenvalue weighted by Gasteiger charge is -2.07. The first-order chi connectivity index (χ1) is 8.27. The summed E-state index contributed by atoms with van der Waals surface area (Å²) < 4.78 is 2.90. The molecule has 2 nitrogen and oxygen atoms in total. The molecule has 0 saturated carbocycles. The van der Waals surface area contributed by atoms with Crippen LogP contribution >= 0.6 is 27.5 Å². The number of para-hydroxylation sites is 2. The molecular formula is C13H8BrClN2. The molecule has 0 N–H and O–H groups in total. The first-order valence-corrected chi connectivity index (χ1v) is 6.31. The number of imidazole rings is 1. The highest BCUT2D eigenvalue weighted by molar-refractivity contribution is 9.10. The quantitative estimate of drug-likeness (QED) is 0.650. The van der Waals surface area contributed by atoms with Crippen molar-refractivity contribution in [3.8, 4) is 5.69 Å². The molecule has 0 bridgehead atoms. The minimum atomic E-state index is 0.695. The molecule has 4 heteroatoms. The van der Waals surface area contributed by atoms with E-state index < -0.39 is 0 Å². The minimum Gasteiger partial charge on any atom is -0.298 e. The maximum atomic E-state index is 6.10. The summed E-state index contributed by atoms with van der Waals surface area (Å²) in [7, 11) is 0. The lowest BCUT2D eigenvalue weighted by molar-refractivity contribution is 1.08. The van der Waals surface area contributed by atoms with Crippen LogP contribution in [0.1, 0.15) is 0 Å². The van der Waals surface area contributed by atoms with E-state index in [4.69, 9.17) is 11.6 Å². The maximum Gasteiger partial charge on any atom is 0.100 e. The van der Waals surface area contributed by atoms with Crippen LogP contribution in [0, 0.1) is 0 Å². The summed E-state index contributed by atoms with van der Waals surface area (Å²) in [5, 5.41) is 0.695. The summed E-state index contributed by atoms with van der Waals surface area (Å²) in [5.74, 6) is 0. The zero-order valence-corrected chi connectivity index (χ0v) is 11.1. The van der Waals surface area contributed by atoms with Gasteiger partial charge in [-0.2, -0.15) is 0 Å². The number of aromatic nitrogens is 2. The Labute approximate surface area is 112 Å². The first kappa shape index (κ1) is 10.8. The molecule has 0 saturated heterocycles. The SMILES string of the molecule is Clc1cccc(-n2cnc3ccccc32)c1Br. The van der Waals surface area contributed by atoms with Crippen molar-refractivity contribution in [1.82, 2.24) is 9.55 Å². The normalized spacial score (nSPS) is 10.9. The van der Waals surface area contributed by atoms with E-state index >= 15 is 0 Å². The van der Waals surface area contributed by atoms with Crippen molar-refractivity contribution in [3.63, 3.8) is 0 Å². The summed E-state index contributed by atoms with van der Waals surface area (Å²) in [4.78, 5) is 4.36. The second kappa shape index (κ2) is 4.17. The summed E-state index contributed by atoms with van der Waals surface area (Å²) in [5.41, 5.74) is 3.03. The van der Waals surface area contributed by atoms with Gasteiger partial charge in [-0.1, -0.05) is 29.8 Å². The van der Waals surface area contributed by atoms with E-state index in [0.29, 0.717) is 5.02 Å². The molecule has 17 heavy (non-hydrogen) atoms. The molecule has 0 atom stereocenters. The van der Waals surface area contributed by atoms with Gasteiger partial charge in [0.1, 0.15) is 6.33 Å². The van der Waals surface area contributed by atoms with Crippen LogP contribution in [0.25, 0.3) is 16.7 Å². The second-order valence-electron chi connectivity index (χ2n) is 3.68. The van der Waals surface area contributed by atoms with Gasteiger partial charge >= 0.3 is 0 Å². The van der Waals surface area contributed by atoms with Crippen molar-refractivity contribution >= 4 is 38.6 Å². The van der Waals surface area contributed by atoms with Gasteiger partial charge in [-0.25, -0.2) is 4.98 Å². The van der Waals surface area contributed by atoms with Crippen molar-refractivity contribution in [3.05, 3.63) is 58.3 Å². The van der Waals surface area contributed by atoms with E-state index in [-0.39, 0.29) is 0 Å². The summed E-state index contributed by atoms with van der Waals surface area (Å²) in [6.45, 7) is 0. The molecule has 84 valence electrons. The molecule has 0 spiro atoms. The molecule has 0 aliphatic rings. The third-order valence-corrected chi connectivity index (χ3v) is 4.02. The fraction of sp³-hybridized carbons (Fsp3) is 0. The first-order valence-electron chi connectivity index (χ1n) is 5.14. The molecule has 0 radical (unpaired) electrons. The predicted molar refractivity (Wildman–Crippen MR) is 73.8 cm³/mol. The Kier molecular flexibility index (Phi) is 2.65. The standard InChI is InChI=1S/C13H8BrClN2/c14-13-9(15)4-3-7-12(13)17-8-16-10-5-1-2-6-11(10)17/h1-8H. The molecule has 0 fully saturated rings. The van der Waals surface area contributed by atoms with Gasteiger partial charge in [0.05, 0.1) is 26.2 Å². The Morgan fingerprint density at radius 2 is 1.88 bits per heavy atom. The minimum absolute atomic E-state index is 0.695. The van der Waals surface area contributed by atoms with Gasteiger partial charge in [0.15, 0.2) is 0 Å². The zero-order valence-electron chi connectivity index (χ0n) is 8.77. The number of halogens is 2. The predicted octanol–water partition coefficient (Wildman–Crippen LogP) is 4.44. The van der Waals surface area contributed by atoms with E-state index in [1.807, 2.05) is 47.0 Å². The van der Waals surface area contributed by atoms with Crippen LogP contribution in [0.3, 0.4) is 0 Å². The summed E-state index contributed by atoms with van der Waals surface area (Å²) in [6.07, 6.45) is 1.81. The third-order valence-electron chi connectivity index (χ3n) is 2.64. The number of benzene rings is 2. The Hall–Kier alpha value is -1.32. The topological polar surface area (TPSA) is 17.8 Å². The molecule has 3 aromatic rings. The highest BCUT2D eigenvalue weighted by Gasteiger charge is 2.08. The van der Waals surface area contributed by atoms with Gasteiger partial charge in [-0.3, -0.25) is 4.57 Å². The van der Waals surface area contributed by atoms with Gasteiger partial charge in [0.25, 0.3) is 0 Å². The van der Waals surface area contributed by atoms with E-state index in [1.165, 1.54) is 0 Å². The molecular weight excluding hydrogens is 300 g/mol. The lowest BCUT2D eigenvalue weighted by atomic mass is 10.3. The highest BCUT2D eigenvalue weighted by atomic mass is 79.9. The van der Waals surface area contributed by atoms with Gasteiger partial charge < -0.3 is 0 Å². The molecule has 1 heterocycles. The number of hydrogen-bond donors (Lipinski definition) is 0. The van der Waals surface area contributed by atoms with Crippen molar-refractivity contribution in [2.45, 2.75) is 0 Å². The van der Waals surface area contributed by atoms with Crippen LogP contribution < -0.4 is 0 Å². The molecule has 0 amide bonds. The molecule has 0 aliphatic heterocycles. The Balaban J connectivity index is 2.31. The molecule has 0 aliphatic carbocycles. The number of fused-ring (bicyclic) bond motifs is 1. The van der Waals surface area contributed by atoms with Crippen LogP contribution in [0.15, 0.2) is 53.3 Å². The summed E-state index contributed by atoms with van der Waals surface area (Å²) >= 11 is 9.61. The fourth-order valence-electron chi connectivity index (χ4n) is 1.83. The van der Waals surface area contributed by atoms with Crippen molar-refractivity contribution < 1.29 is 0 Å². The highest BCUT2D eigenvalue weighted by Crippen LogP contribution is 2.30. The molecule has 1 aromatic heterocycles. The zero-order chi connectivity index (χ0) is 11.8. The number of hydrogen-bond acceptors (Lipinski definition) is 1. The second-order valence-corrected chi connectivity index (χ2v) is 4.88. The average Bonchev–Trinajstić information content (AvgIpc) is 2.77. The Bertz CT molecular complexity index is 691. The van der Waals surface area contributed by atoms with E-state index in [2.05, 4.69) is 20.9 Å². The number of nitrogens with zero attached hydrogens (tertiary/aromatic N) is 2. The molecule has 3 rings (SSSR count). The van der Waals surface area contributed by atoms with Gasteiger partial charge in [-0.15, -0.1) is 0 Å². The van der Waals surface area contributed by atoms with Crippen molar-refractivity contribution in [2.75, 3.05) is 0 Å². The van der Waals surface area contributed by atoms with Crippen LogP contribution in [0.5, 0.6) is 0 Å². The Morgan fingerprint density at radius 3 is 2.76 bits per heavy atom. The maximum absolute atomic E-state index is 6.10. The number of rotatable bonds is 1. The van der Waals surface area contributed by atoms with Crippen LogP contribution in [0.2, 0.25) is 5.02 Å². The molecule has 2 aromatic carbocycles. The molecule has 0 unspecified atom stereocenters. The van der Waals surface area contributed by atoms with Crippen molar-refractivity contribution in [2.24, 2.45) is 0 Å².